The Labute approximate surface area is 189 Å². The molecule has 1 saturated carbocycles. The number of ether oxygens (including phenoxy) is 1. The molecule has 7 heteroatoms. The van der Waals surface area contributed by atoms with E-state index in [4.69, 9.17) is 4.74 Å². The zero-order valence-electron chi connectivity index (χ0n) is 19.0. The monoisotopic (exact) mass is 436 g/mol. The van der Waals surface area contributed by atoms with E-state index in [9.17, 15) is 9.59 Å². The molecule has 1 N–H and O–H groups in total. The third kappa shape index (κ3) is 5.26. The highest BCUT2D eigenvalue weighted by Crippen LogP contribution is 2.30. The molecule has 1 saturated heterocycles. The van der Waals surface area contributed by atoms with E-state index < -0.39 is 0 Å². The number of benzene rings is 1. The van der Waals surface area contributed by atoms with Gasteiger partial charge in [0.2, 0.25) is 5.91 Å². The largest absolute Gasteiger partial charge is 0.497 e. The van der Waals surface area contributed by atoms with E-state index in [-0.39, 0.29) is 17.7 Å². The Balaban J connectivity index is 1.33. The van der Waals surface area contributed by atoms with Gasteiger partial charge < -0.3 is 15.0 Å². The van der Waals surface area contributed by atoms with Crippen molar-refractivity contribution in [3.05, 3.63) is 53.1 Å². The fraction of sp³-hybridized carbons (Fsp3) is 0.520. The van der Waals surface area contributed by atoms with Crippen LogP contribution in [-0.4, -0.2) is 46.9 Å². The molecular weight excluding hydrogens is 404 g/mol. The van der Waals surface area contributed by atoms with Crippen LogP contribution in [0.4, 0.5) is 0 Å². The molecule has 1 aromatic heterocycles. The summed E-state index contributed by atoms with van der Waals surface area (Å²) in [6, 6.07) is 7.60. The molecule has 2 fully saturated rings. The number of hydrogen-bond acceptors (Lipinski definition) is 5. The number of methoxy groups -OCH3 is 1. The van der Waals surface area contributed by atoms with Crippen molar-refractivity contribution >= 4 is 11.8 Å². The van der Waals surface area contributed by atoms with Crippen LogP contribution in [0.2, 0.25) is 0 Å². The predicted molar refractivity (Wildman–Crippen MR) is 121 cm³/mol. The lowest BCUT2D eigenvalue weighted by Crippen LogP contribution is -2.30. The van der Waals surface area contributed by atoms with Crippen LogP contribution in [0, 0.1) is 12.8 Å². The summed E-state index contributed by atoms with van der Waals surface area (Å²) in [6.07, 6.45) is 8.05. The summed E-state index contributed by atoms with van der Waals surface area (Å²) in [5.74, 6) is 2.25. The summed E-state index contributed by atoms with van der Waals surface area (Å²) < 4.78 is 5.23. The molecule has 1 aromatic carbocycles. The van der Waals surface area contributed by atoms with Gasteiger partial charge in [0, 0.05) is 38.2 Å². The van der Waals surface area contributed by atoms with Gasteiger partial charge in [-0.05, 0) is 49.8 Å². The Morgan fingerprint density at radius 2 is 2.03 bits per heavy atom. The van der Waals surface area contributed by atoms with E-state index in [0.29, 0.717) is 36.7 Å². The average Bonchev–Trinajstić information content (AvgIpc) is 3.50. The first kappa shape index (κ1) is 22.2. The fourth-order valence-electron chi connectivity index (χ4n) is 4.75. The van der Waals surface area contributed by atoms with Gasteiger partial charge in [-0.25, -0.2) is 9.97 Å². The Hall–Kier alpha value is -2.96. The Bertz CT molecular complexity index is 971. The second-order valence-corrected chi connectivity index (χ2v) is 8.94. The number of carbonyl (C=O) groups excluding carboxylic acids is 2. The van der Waals surface area contributed by atoms with Crippen molar-refractivity contribution in [1.82, 2.24) is 20.2 Å². The first-order chi connectivity index (χ1) is 15.5. The maximum absolute atomic E-state index is 12.7. The molecule has 1 atom stereocenters. The summed E-state index contributed by atoms with van der Waals surface area (Å²) in [5.41, 5.74) is 2.10. The van der Waals surface area contributed by atoms with Crippen LogP contribution in [0.3, 0.4) is 0 Å². The van der Waals surface area contributed by atoms with E-state index >= 15 is 0 Å². The fourth-order valence-corrected chi connectivity index (χ4v) is 4.75. The molecule has 2 amide bonds. The smallest absolute Gasteiger partial charge is 0.254 e. The highest BCUT2D eigenvalue weighted by molar-refractivity contribution is 5.94. The van der Waals surface area contributed by atoms with Gasteiger partial charge >= 0.3 is 0 Å². The molecule has 0 unspecified atom stereocenters. The van der Waals surface area contributed by atoms with Crippen LogP contribution < -0.4 is 10.1 Å². The van der Waals surface area contributed by atoms with Gasteiger partial charge in [-0.1, -0.05) is 25.0 Å². The third-order valence-electron chi connectivity index (χ3n) is 6.67. The molecule has 32 heavy (non-hydrogen) atoms. The van der Waals surface area contributed by atoms with Crippen molar-refractivity contribution in [2.24, 2.45) is 5.92 Å². The maximum atomic E-state index is 12.7. The molecule has 4 rings (SSSR count). The van der Waals surface area contributed by atoms with Crippen LogP contribution in [0.5, 0.6) is 5.75 Å². The Morgan fingerprint density at radius 1 is 1.22 bits per heavy atom. The molecule has 0 spiro atoms. The lowest BCUT2D eigenvalue weighted by Gasteiger charge is -2.18. The minimum Gasteiger partial charge on any atom is -0.497 e. The number of nitrogens with one attached hydrogen (secondary N) is 1. The van der Waals surface area contributed by atoms with Crippen molar-refractivity contribution in [1.29, 1.82) is 0 Å². The molecule has 2 aromatic rings. The van der Waals surface area contributed by atoms with Crippen molar-refractivity contribution in [2.75, 3.05) is 20.2 Å². The number of nitrogens with zero attached hydrogens (tertiary/aromatic N) is 3. The third-order valence-corrected chi connectivity index (χ3v) is 6.67. The maximum Gasteiger partial charge on any atom is 0.254 e. The van der Waals surface area contributed by atoms with E-state index in [2.05, 4.69) is 15.3 Å². The zero-order valence-corrected chi connectivity index (χ0v) is 19.0. The predicted octanol–water partition coefficient (Wildman–Crippen LogP) is 3.62. The number of carbonyl (C=O) groups is 2. The molecule has 2 aliphatic rings. The number of aromatic nitrogens is 2. The minimum atomic E-state index is -0.198. The standard InChI is InChI=1S/C25H32N4O3/c1-17-22(25(31)27-14-19-8-5-9-21(12-19)32-2)15-26-24(28-17)20-10-11-29(16-20)23(30)13-18-6-3-4-7-18/h5,8-9,12,15,18,20H,3-4,6-7,10-11,13-14,16H2,1-2H3,(H,27,31)/t20-/m0/s1. The molecule has 2 heterocycles. The number of hydrogen-bond donors (Lipinski definition) is 1. The molecular formula is C25H32N4O3. The highest BCUT2D eigenvalue weighted by atomic mass is 16.5. The second-order valence-electron chi connectivity index (χ2n) is 8.94. The highest BCUT2D eigenvalue weighted by Gasteiger charge is 2.31. The molecule has 0 radical (unpaired) electrons. The number of rotatable bonds is 7. The van der Waals surface area contributed by atoms with Crippen LogP contribution in [0.15, 0.2) is 30.5 Å². The molecule has 170 valence electrons. The SMILES string of the molecule is COc1cccc(CNC(=O)c2cnc([C@H]3CCN(C(=O)CC4CCCC4)C3)nc2C)c1. The minimum absolute atomic E-state index is 0.134. The van der Waals surface area contributed by atoms with Gasteiger partial charge in [-0.15, -0.1) is 0 Å². The molecule has 0 bridgehead atoms. The summed E-state index contributed by atoms with van der Waals surface area (Å²) in [4.78, 5) is 36.4. The topological polar surface area (TPSA) is 84.4 Å². The van der Waals surface area contributed by atoms with Gasteiger partial charge in [-0.2, -0.15) is 0 Å². The van der Waals surface area contributed by atoms with Crippen molar-refractivity contribution in [3.63, 3.8) is 0 Å². The zero-order chi connectivity index (χ0) is 22.5. The lowest BCUT2D eigenvalue weighted by molar-refractivity contribution is -0.131. The molecule has 7 nitrogen and oxygen atoms in total. The van der Waals surface area contributed by atoms with Crippen LogP contribution in [0.25, 0.3) is 0 Å². The van der Waals surface area contributed by atoms with E-state index in [1.807, 2.05) is 36.1 Å². The van der Waals surface area contributed by atoms with Gasteiger partial charge in [-0.3, -0.25) is 9.59 Å². The summed E-state index contributed by atoms with van der Waals surface area (Å²) >= 11 is 0. The molecule has 1 aliphatic heterocycles. The van der Waals surface area contributed by atoms with Gasteiger partial charge in [0.1, 0.15) is 11.6 Å². The van der Waals surface area contributed by atoms with E-state index in [1.165, 1.54) is 25.7 Å². The Morgan fingerprint density at radius 3 is 2.78 bits per heavy atom. The van der Waals surface area contributed by atoms with Gasteiger partial charge in [0.15, 0.2) is 0 Å². The average molecular weight is 437 g/mol. The van der Waals surface area contributed by atoms with Crippen LogP contribution in [0.1, 0.15) is 71.9 Å². The number of amides is 2. The summed E-state index contributed by atoms with van der Waals surface area (Å²) in [5, 5.41) is 2.93. The van der Waals surface area contributed by atoms with Crippen molar-refractivity contribution < 1.29 is 14.3 Å². The van der Waals surface area contributed by atoms with E-state index in [1.54, 1.807) is 13.3 Å². The number of likely N-dealkylation sites (tertiary alicyclic amines) is 1. The van der Waals surface area contributed by atoms with Crippen LogP contribution >= 0.6 is 0 Å². The quantitative estimate of drug-likeness (QED) is 0.717. The first-order valence-electron chi connectivity index (χ1n) is 11.6. The first-order valence-corrected chi connectivity index (χ1v) is 11.6. The second kappa shape index (κ2) is 10.1. The van der Waals surface area contributed by atoms with Gasteiger partial charge in [0.25, 0.3) is 5.91 Å². The van der Waals surface area contributed by atoms with Gasteiger partial charge in [0.05, 0.1) is 18.4 Å². The lowest BCUT2D eigenvalue weighted by atomic mass is 10.0. The van der Waals surface area contributed by atoms with E-state index in [0.717, 1.165) is 30.1 Å². The Kier molecular flexibility index (Phi) is 7.02. The van der Waals surface area contributed by atoms with Crippen molar-refractivity contribution in [3.8, 4) is 5.75 Å². The normalized spacial score (nSPS) is 18.7. The van der Waals surface area contributed by atoms with Crippen molar-refractivity contribution in [2.45, 2.75) is 57.9 Å². The summed E-state index contributed by atoms with van der Waals surface area (Å²) in [7, 11) is 1.62. The molecule has 1 aliphatic carbocycles. The van der Waals surface area contributed by atoms with Crippen LogP contribution in [-0.2, 0) is 11.3 Å². The summed E-state index contributed by atoms with van der Waals surface area (Å²) in [6.45, 7) is 3.68. The number of aryl methyl sites for hydroxylation is 1.